The van der Waals surface area contributed by atoms with Gasteiger partial charge in [0.15, 0.2) is 0 Å². The van der Waals surface area contributed by atoms with Crippen molar-refractivity contribution in [1.82, 2.24) is 20.1 Å². The Morgan fingerprint density at radius 2 is 1.90 bits per heavy atom. The van der Waals surface area contributed by atoms with Crippen molar-refractivity contribution >= 4 is 0 Å². The monoisotopic (exact) mass is 402 g/mol. The van der Waals surface area contributed by atoms with Gasteiger partial charge in [0.1, 0.15) is 12.7 Å². The van der Waals surface area contributed by atoms with E-state index in [-0.39, 0.29) is 17.2 Å². The number of nitrogens with one attached hydrogen (secondary N) is 1. The SMILES string of the molecule is CC12CCC(C)(CC(Oc3ccc4c(n3)OCc3cc(-n5cccn5)ccc3-4)C1)N2. The van der Waals surface area contributed by atoms with E-state index in [9.17, 15) is 0 Å². The first-order valence-electron chi connectivity index (χ1n) is 10.7. The fourth-order valence-corrected chi connectivity index (χ4v) is 5.52. The number of hydrogen-bond donors (Lipinski definition) is 1. The van der Waals surface area contributed by atoms with Crippen LogP contribution in [0.4, 0.5) is 0 Å². The average Bonchev–Trinajstić information content (AvgIpc) is 3.33. The molecule has 1 N–H and O–H groups in total. The minimum atomic E-state index is 0.174. The Bertz CT molecular complexity index is 1090. The molecule has 2 aromatic heterocycles. The highest BCUT2D eigenvalue weighted by atomic mass is 16.5. The van der Waals surface area contributed by atoms with Crippen molar-refractivity contribution < 1.29 is 9.47 Å². The molecule has 5 heterocycles. The van der Waals surface area contributed by atoms with Crippen molar-refractivity contribution in [2.75, 3.05) is 0 Å². The van der Waals surface area contributed by atoms with Gasteiger partial charge in [-0.2, -0.15) is 10.1 Å². The molecule has 3 aliphatic rings. The van der Waals surface area contributed by atoms with E-state index in [0.29, 0.717) is 18.4 Å². The van der Waals surface area contributed by atoms with E-state index < -0.39 is 0 Å². The second-order valence-corrected chi connectivity index (χ2v) is 9.48. The molecule has 2 atom stereocenters. The zero-order chi connectivity index (χ0) is 20.3. The highest BCUT2D eigenvalue weighted by molar-refractivity contribution is 5.74. The van der Waals surface area contributed by atoms with Gasteiger partial charge in [0, 0.05) is 47.9 Å². The van der Waals surface area contributed by atoms with Crippen molar-refractivity contribution in [3.63, 3.8) is 0 Å². The largest absolute Gasteiger partial charge is 0.474 e. The topological polar surface area (TPSA) is 61.2 Å². The molecule has 0 aliphatic carbocycles. The lowest BCUT2D eigenvalue weighted by Gasteiger charge is -2.41. The van der Waals surface area contributed by atoms with Crippen LogP contribution in [0.3, 0.4) is 0 Å². The number of piperidine rings is 1. The molecule has 2 unspecified atom stereocenters. The zero-order valence-corrected chi connectivity index (χ0v) is 17.4. The molecule has 0 radical (unpaired) electrons. The van der Waals surface area contributed by atoms with Gasteiger partial charge in [0.25, 0.3) is 0 Å². The third-order valence-corrected chi connectivity index (χ3v) is 6.82. The first kappa shape index (κ1) is 18.0. The molecule has 30 heavy (non-hydrogen) atoms. The van der Waals surface area contributed by atoms with Crippen molar-refractivity contribution in [1.29, 1.82) is 0 Å². The average molecular weight is 402 g/mol. The van der Waals surface area contributed by atoms with E-state index in [4.69, 9.17) is 14.5 Å². The van der Waals surface area contributed by atoms with Gasteiger partial charge in [-0.3, -0.25) is 0 Å². The lowest BCUT2D eigenvalue weighted by Crippen LogP contribution is -2.56. The van der Waals surface area contributed by atoms with Crippen LogP contribution in [-0.2, 0) is 6.61 Å². The minimum Gasteiger partial charge on any atom is -0.474 e. The van der Waals surface area contributed by atoms with Crippen LogP contribution in [0.5, 0.6) is 11.8 Å². The first-order chi connectivity index (χ1) is 14.5. The molecular weight excluding hydrogens is 376 g/mol. The molecule has 0 spiro atoms. The Morgan fingerprint density at radius 3 is 2.67 bits per heavy atom. The molecule has 6 nitrogen and oxygen atoms in total. The summed E-state index contributed by atoms with van der Waals surface area (Å²) in [6, 6.07) is 12.3. The van der Waals surface area contributed by atoms with Crippen LogP contribution in [0.1, 0.15) is 45.1 Å². The van der Waals surface area contributed by atoms with Gasteiger partial charge in [-0.1, -0.05) is 6.07 Å². The standard InChI is InChI=1S/C24H26N4O2/c1-23-8-9-24(2,27-23)14-18(13-23)30-21-7-6-20-19-5-4-17(28-11-3-10-25-28)12-16(19)15-29-22(20)26-21/h3-7,10-12,18,27H,8-9,13-15H2,1-2H3. The van der Waals surface area contributed by atoms with Crippen LogP contribution in [0.2, 0.25) is 0 Å². The molecule has 3 aromatic rings. The Kier molecular flexibility index (Phi) is 3.78. The van der Waals surface area contributed by atoms with E-state index in [1.807, 2.05) is 23.0 Å². The Hall–Kier alpha value is -2.86. The Labute approximate surface area is 176 Å². The molecule has 6 rings (SSSR count). The van der Waals surface area contributed by atoms with Gasteiger partial charge >= 0.3 is 0 Å². The maximum atomic E-state index is 6.35. The minimum absolute atomic E-state index is 0.174. The summed E-state index contributed by atoms with van der Waals surface area (Å²) in [7, 11) is 0. The van der Waals surface area contributed by atoms with Crippen molar-refractivity contribution in [2.24, 2.45) is 0 Å². The van der Waals surface area contributed by atoms with Gasteiger partial charge in [-0.15, -0.1) is 0 Å². The number of ether oxygens (including phenoxy) is 2. The molecule has 3 aliphatic heterocycles. The van der Waals surface area contributed by atoms with Crippen LogP contribution < -0.4 is 14.8 Å². The molecular formula is C24H26N4O2. The number of fused-ring (bicyclic) bond motifs is 5. The fourth-order valence-electron chi connectivity index (χ4n) is 5.52. The maximum Gasteiger partial charge on any atom is 0.225 e. The number of pyridine rings is 1. The summed E-state index contributed by atoms with van der Waals surface area (Å²) in [4.78, 5) is 4.71. The summed E-state index contributed by atoms with van der Waals surface area (Å²) < 4.78 is 14.2. The van der Waals surface area contributed by atoms with Crippen molar-refractivity contribution in [3.05, 3.63) is 54.4 Å². The molecule has 2 saturated heterocycles. The lowest BCUT2D eigenvalue weighted by atomic mass is 9.86. The van der Waals surface area contributed by atoms with Gasteiger partial charge in [-0.25, -0.2) is 4.68 Å². The number of hydrogen-bond acceptors (Lipinski definition) is 5. The summed E-state index contributed by atoms with van der Waals surface area (Å²) in [5.74, 6) is 1.31. The number of aromatic nitrogens is 3. The predicted octanol–water partition coefficient (Wildman–Crippen LogP) is 4.27. The molecule has 2 bridgehead atoms. The summed E-state index contributed by atoms with van der Waals surface area (Å²) in [6.07, 6.45) is 8.36. The van der Waals surface area contributed by atoms with Crippen LogP contribution in [-0.4, -0.2) is 31.9 Å². The molecule has 1 aromatic carbocycles. The fraction of sp³-hybridized carbons (Fsp3) is 0.417. The quantitative estimate of drug-likeness (QED) is 0.709. The van der Waals surface area contributed by atoms with Crippen LogP contribution in [0.15, 0.2) is 48.8 Å². The normalized spacial score (nSPS) is 29.1. The zero-order valence-electron chi connectivity index (χ0n) is 17.4. The smallest absolute Gasteiger partial charge is 0.225 e. The molecule has 0 saturated carbocycles. The predicted molar refractivity (Wildman–Crippen MR) is 114 cm³/mol. The van der Waals surface area contributed by atoms with Gasteiger partial charge < -0.3 is 14.8 Å². The number of benzene rings is 1. The summed E-state index contributed by atoms with van der Waals surface area (Å²) in [5, 5.41) is 8.12. The molecule has 6 heteroatoms. The van der Waals surface area contributed by atoms with E-state index in [2.05, 4.69) is 48.5 Å². The van der Waals surface area contributed by atoms with Crippen LogP contribution >= 0.6 is 0 Å². The van der Waals surface area contributed by atoms with Crippen molar-refractivity contribution in [2.45, 2.75) is 63.3 Å². The molecule has 2 fully saturated rings. The molecule has 0 amide bonds. The first-order valence-corrected chi connectivity index (χ1v) is 10.7. The van der Waals surface area contributed by atoms with Crippen LogP contribution in [0.25, 0.3) is 16.8 Å². The summed E-state index contributed by atoms with van der Waals surface area (Å²) in [5.41, 5.74) is 4.69. The van der Waals surface area contributed by atoms with Crippen molar-refractivity contribution in [3.8, 4) is 28.6 Å². The highest BCUT2D eigenvalue weighted by Gasteiger charge is 2.49. The number of nitrogens with zero attached hydrogens (tertiary/aromatic N) is 3. The third-order valence-electron chi connectivity index (χ3n) is 6.82. The third kappa shape index (κ3) is 2.98. The number of rotatable bonds is 3. The summed E-state index contributed by atoms with van der Waals surface area (Å²) in [6.45, 7) is 5.12. The van der Waals surface area contributed by atoms with E-state index >= 15 is 0 Å². The van der Waals surface area contributed by atoms with Crippen LogP contribution in [0, 0.1) is 0 Å². The highest BCUT2D eigenvalue weighted by Crippen LogP contribution is 2.44. The van der Waals surface area contributed by atoms with Gasteiger partial charge in [0.05, 0.1) is 5.69 Å². The lowest BCUT2D eigenvalue weighted by molar-refractivity contribution is 0.0754. The van der Waals surface area contributed by atoms with E-state index in [1.165, 1.54) is 12.8 Å². The Morgan fingerprint density at radius 1 is 1.10 bits per heavy atom. The van der Waals surface area contributed by atoms with E-state index in [1.54, 1.807) is 6.20 Å². The van der Waals surface area contributed by atoms with Gasteiger partial charge in [0.2, 0.25) is 11.8 Å². The maximum absolute atomic E-state index is 6.35. The Balaban J connectivity index is 1.26. The summed E-state index contributed by atoms with van der Waals surface area (Å²) >= 11 is 0. The van der Waals surface area contributed by atoms with Gasteiger partial charge in [-0.05, 0) is 62.1 Å². The molecule has 154 valence electrons. The second-order valence-electron chi connectivity index (χ2n) is 9.48. The second kappa shape index (κ2) is 6.32. The van der Waals surface area contributed by atoms with E-state index in [0.717, 1.165) is 35.2 Å².